The number of anilines is 2. The first-order valence-corrected chi connectivity index (χ1v) is 11.3. The first kappa shape index (κ1) is 19.9. The molecule has 31 heavy (non-hydrogen) atoms. The Morgan fingerprint density at radius 2 is 1.90 bits per heavy atom. The van der Waals surface area contributed by atoms with E-state index in [9.17, 15) is 9.59 Å². The fourth-order valence-corrected chi connectivity index (χ4v) is 5.16. The van der Waals surface area contributed by atoms with E-state index in [1.807, 2.05) is 43.0 Å². The minimum atomic E-state index is -0.298. The van der Waals surface area contributed by atoms with Crippen molar-refractivity contribution in [3.63, 3.8) is 0 Å². The molecule has 0 saturated carbocycles. The Morgan fingerprint density at radius 1 is 1.10 bits per heavy atom. The number of benzene rings is 1. The van der Waals surface area contributed by atoms with Gasteiger partial charge in [0.05, 0.1) is 21.1 Å². The SMILES string of the molecule is Cc1cc(N2CCN(C(=O)C3CC(=O)N(c4ccc5sc(C)nc5c4)C3)CC2)ncn1. The zero-order chi connectivity index (χ0) is 21.5. The molecule has 0 bridgehead atoms. The van der Waals surface area contributed by atoms with Gasteiger partial charge in [0.25, 0.3) is 0 Å². The summed E-state index contributed by atoms with van der Waals surface area (Å²) < 4.78 is 1.11. The predicted molar refractivity (Wildman–Crippen MR) is 120 cm³/mol. The number of aromatic nitrogens is 3. The molecule has 9 heteroatoms. The van der Waals surface area contributed by atoms with Gasteiger partial charge in [-0.25, -0.2) is 15.0 Å². The summed E-state index contributed by atoms with van der Waals surface area (Å²) in [6, 6.07) is 7.87. The maximum Gasteiger partial charge on any atom is 0.228 e. The number of fused-ring (bicyclic) bond motifs is 1. The first-order valence-electron chi connectivity index (χ1n) is 10.5. The number of aryl methyl sites for hydroxylation is 2. The quantitative estimate of drug-likeness (QED) is 0.627. The lowest BCUT2D eigenvalue weighted by atomic mass is 10.1. The fraction of sp³-hybridized carbons (Fsp3) is 0.409. The first-order chi connectivity index (χ1) is 15.0. The van der Waals surface area contributed by atoms with Crippen LogP contribution < -0.4 is 9.80 Å². The third-order valence-electron chi connectivity index (χ3n) is 5.97. The fourth-order valence-electron chi connectivity index (χ4n) is 4.35. The minimum absolute atomic E-state index is 0.000233. The highest BCUT2D eigenvalue weighted by Gasteiger charge is 2.38. The highest BCUT2D eigenvalue weighted by molar-refractivity contribution is 7.18. The molecule has 0 radical (unpaired) electrons. The topological polar surface area (TPSA) is 82.5 Å². The summed E-state index contributed by atoms with van der Waals surface area (Å²) >= 11 is 1.64. The van der Waals surface area contributed by atoms with E-state index in [1.54, 1.807) is 22.6 Å². The standard InChI is InChI=1S/C22H24N6O2S/c1-14-9-20(24-13-23-14)26-5-7-27(8-6-26)22(30)16-10-21(29)28(12-16)17-3-4-19-18(11-17)25-15(2)31-19/h3-4,9,11,13,16H,5-8,10,12H2,1-2H3. The monoisotopic (exact) mass is 436 g/mol. The van der Waals surface area contributed by atoms with Crippen LogP contribution in [-0.4, -0.2) is 64.4 Å². The molecule has 0 aliphatic carbocycles. The third kappa shape index (κ3) is 3.85. The largest absolute Gasteiger partial charge is 0.353 e. The number of nitrogens with zero attached hydrogens (tertiary/aromatic N) is 6. The van der Waals surface area contributed by atoms with Gasteiger partial charge in [0.2, 0.25) is 11.8 Å². The summed E-state index contributed by atoms with van der Waals surface area (Å²) in [7, 11) is 0. The van der Waals surface area contributed by atoms with E-state index in [2.05, 4.69) is 19.9 Å². The molecule has 2 amide bonds. The van der Waals surface area contributed by atoms with Crippen molar-refractivity contribution in [1.82, 2.24) is 19.9 Å². The molecule has 1 atom stereocenters. The van der Waals surface area contributed by atoms with Gasteiger partial charge in [-0.15, -0.1) is 11.3 Å². The molecule has 2 aromatic heterocycles. The second kappa shape index (κ2) is 7.88. The van der Waals surface area contributed by atoms with E-state index in [1.165, 1.54) is 0 Å². The van der Waals surface area contributed by atoms with Crippen LogP contribution in [0.2, 0.25) is 0 Å². The van der Waals surface area contributed by atoms with E-state index in [-0.39, 0.29) is 24.2 Å². The molecular formula is C22H24N6O2S. The van der Waals surface area contributed by atoms with Crippen molar-refractivity contribution in [1.29, 1.82) is 0 Å². The van der Waals surface area contributed by atoms with Crippen molar-refractivity contribution in [2.24, 2.45) is 5.92 Å². The molecule has 2 aliphatic heterocycles. The van der Waals surface area contributed by atoms with E-state index < -0.39 is 0 Å². The Hall–Kier alpha value is -3.07. The van der Waals surface area contributed by atoms with Crippen LogP contribution in [-0.2, 0) is 9.59 Å². The van der Waals surface area contributed by atoms with Crippen molar-refractivity contribution >= 4 is 44.9 Å². The van der Waals surface area contributed by atoms with Crippen molar-refractivity contribution in [2.75, 3.05) is 42.5 Å². The Kier molecular flexibility index (Phi) is 5.05. The van der Waals surface area contributed by atoms with Crippen LogP contribution in [0.3, 0.4) is 0 Å². The predicted octanol–water partition coefficient (Wildman–Crippen LogP) is 2.40. The van der Waals surface area contributed by atoms with Crippen molar-refractivity contribution < 1.29 is 9.59 Å². The Balaban J connectivity index is 1.24. The van der Waals surface area contributed by atoms with Gasteiger partial charge >= 0.3 is 0 Å². The number of hydrogen-bond acceptors (Lipinski definition) is 7. The normalized spacial score (nSPS) is 19.5. The van der Waals surface area contributed by atoms with Gasteiger partial charge in [-0.1, -0.05) is 0 Å². The number of carbonyl (C=O) groups excluding carboxylic acids is 2. The van der Waals surface area contributed by atoms with Crippen LogP contribution in [0.15, 0.2) is 30.6 Å². The summed E-state index contributed by atoms with van der Waals surface area (Å²) in [6.45, 7) is 7.08. The van der Waals surface area contributed by atoms with E-state index >= 15 is 0 Å². The number of rotatable bonds is 3. The summed E-state index contributed by atoms with van der Waals surface area (Å²) in [4.78, 5) is 44.6. The lowest BCUT2D eigenvalue weighted by molar-refractivity contribution is -0.136. The van der Waals surface area contributed by atoms with Crippen molar-refractivity contribution in [3.05, 3.63) is 41.3 Å². The van der Waals surface area contributed by atoms with Crippen LogP contribution in [0, 0.1) is 19.8 Å². The van der Waals surface area contributed by atoms with Gasteiger partial charge in [-0.3, -0.25) is 9.59 Å². The van der Waals surface area contributed by atoms with E-state index in [0.717, 1.165) is 45.5 Å². The second-order valence-electron chi connectivity index (χ2n) is 8.12. The molecule has 4 heterocycles. The van der Waals surface area contributed by atoms with Crippen LogP contribution in [0.5, 0.6) is 0 Å². The molecule has 0 spiro atoms. The van der Waals surface area contributed by atoms with E-state index in [4.69, 9.17) is 0 Å². The van der Waals surface area contributed by atoms with Gasteiger partial charge in [-0.2, -0.15) is 0 Å². The average Bonchev–Trinajstić information content (AvgIpc) is 3.34. The number of hydrogen-bond donors (Lipinski definition) is 0. The maximum atomic E-state index is 13.1. The van der Waals surface area contributed by atoms with Gasteiger partial charge in [0, 0.05) is 56.6 Å². The average molecular weight is 437 g/mol. The van der Waals surface area contributed by atoms with Crippen molar-refractivity contribution in [3.8, 4) is 0 Å². The molecule has 1 unspecified atom stereocenters. The molecule has 2 aliphatic rings. The minimum Gasteiger partial charge on any atom is -0.353 e. The molecule has 2 fully saturated rings. The second-order valence-corrected chi connectivity index (χ2v) is 9.35. The Bertz CT molecular complexity index is 1150. The number of carbonyl (C=O) groups is 2. The van der Waals surface area contributed by atoms with Crippen LogP contribution >= 0.6 is 11.3 Å². The highest BCUT2D eigenvalue weighted by atomic mass is 32.1. The van der Waals surface area contributed by atoms with Crippen LogP contribution in [0.4, 0.5) is 11.5 Å². The molecule has 1 aromatic carbocycles. The number of amides is 2. The molecule has 0 N–H and O–H groups in total. The molecule has 3 aromatic rings. The van der Waals surface area contributed by atoms with Crippen LogP contribution in [0.25, 0.3) is 10.2 Å². The molecular weight excluding hydrogens is 412 g/mol. The Labute approximate surface area is 184 Å². The number of thiazole rings is 1. The zero-order valence-electron chi connectivity index (χ0n) is 17.6. The summed E-state index contributed by atoms with van der Waals surface area (Å²) in [5.41, 5.74) is 2.65. The Morgan fingerprint density at radius 3 is 2.68 bits per heavy atom. The molecule has 8 nitrogen and oxygen atoms in total. The zero-order valence-corrected chi connectivity index (χ0v) is 18.4. The third-order valence-corrected chi connectivity index (χ3v) is 6.92. The molecule has 160 valence electrons. The summed E-state index contributed by atoms with van der Waals surface area (Å²) in [5, 5.41) is 1.00. The van der Waals surface area contributed by atoms with Crippen LogP contribution in [0.1, 0.15) is 17.1 Å². The maximum absolute atomic E-state index is 13.1. The van der Waals surface area contributed by atoms with Gasteiger partial charge in [-0.05, 0) is 32.0 Å². The lowest BCUT2D eigenvalue weighted by Crippen LogP contribution is -2.51. The summed E-state index contributed by atoms with van der Waals surface area (Å²) in [5.74, 6) is 0.669. The summed E-state index contributed by atoms with van der Waals surface area (Å²) in [6.07, 6.45) is 1.84. The van der Waals surface area contributed by atoms with E-state index in [0.29, 0.717) is 19.6 Å². The van der Waals surface area contributed by atoms with Gasteiger partial charge < -0.3 is 14.7 Å². The smallest absolute Gasteiger partial charge is 0.228 e. The van der Waals surface area contributed by atoms with Gasteiger partial charge in [0.15, 0.2) is 0 Å². The highest BCUT2D eigenvalue weighted by Crippen LogP contribution is 2.31. The number of piperazine rings is 1. The molecule has 2 saturated heterocycles. The van der Waals surface area contributed by atoms with Gasteiger partial charge in [0.1, 0.15) is 12.1 Å². The van der Waals surface area contributed by atoms with Crippen molar-refractivity contribution in [2.45, 2.75) is 20.3 Å². The lowest BCUT2D eigenvalue weighted by Gasteiger charge is -2.36. The molecule has 5 rings (SSSR count).